The summed E-state index contributed by atoms with van der Waals surface area (Å²) >= 11 is 3.27. The van der Waals surface area contributed by atoms with E-state index in [1.807, 2.05) is 30.3 Å². The smallest absolute Gasteiger partial charge is 0.262 e. The molecular formula is C21H22BrN3O3. The first-order valence-corrected chi connectivity index (χ1v) is 9.65. The van der Waals surface area contributed by atoms with Crippen molar-refractivity contribution in [3.63, 3.8) is 0 Å². The van der Waals surface area contributed by atoms with Crippen LogP contribution in [-0.4, -0.2) is 31.3 Å². The SMILES string of the molecule is COCOc1ccc(CCCCNC(=O)C(C#N)=Cc2cccc(Br)n2)cc1. The van der Waals surface area contributed by atoms with Crippen molar-refractivity contribution in [3.05, 3.63) is 63.9 Å². The average Bonchev–Trinajstić information content (AvgIpc) is 2.71. The maximum atomic E-state index is 12.2. The Hall–Kier alpha value is -2.69. The number of amides is 1. The highest BCUT2D eigenvalue weighted by Gasteiger charge is 2.08. The van der Waals surface area contributed by atoms with Crippen LogP contribution in [0.1, 0.15) is 24.1 Å². The van der Waals surface area contributed by atoms with Gasteiger partial charge in [-0.25, -0.2) is 4.98 Å². The molecule has 1 amide bonds. The largest absolute Gasteiger partial charge is 0.468 e. The lowest BCUT2D eigenvalue weighted by molar-refractivity contribution is -0.117. The van der Waals surface area contributed by atoms with E-state index >= 15 is 0 Å². The fraction of sp³-hybridized carbons (Fsp3) is 0.286. The maximum absolute atomic E-state index is 12.2. The Kier molecular flexibility index (Phi) is 9.19. The lowest BCUT2D eigenvalue weighted by atomic mass is 10.1. The molecule has 0 atom stereocenters. The number of unbranched alkanes of at least 4 members (excludes halogenated alkanes) is 1. The van der Waals surface area contributed by atoms with Crippen molar-refractivity contribution in [2.45, 2.75) is 19.3 Å². The lowest BCUT2D eigenvalue weighted by Gasteiger charge is -2.07. The second-order valence-electron chi connectivity index (χ2n) is 5.96. The number of rotatable bonds is 10. The molecular weight excluding hydrogens is 422 g/mol. The second-order valence-corrected chi connectivity index (χ2v) is 6.78. The van der Waals surface area contributed by atoms with Crippen molar-refractivity contribution in [3.8, 4) is 11.8 Å². The van der Waals surface area contributed by atoms with Crippen molar-refractivity contribution in [1.29, 1.82) is 5.26 Å². The van der Waals surface area contributed by atoms with Crippen LogP contribution in [0.2, 0.25) is 0 Å². The zero-order chi connectivity index (χ0) is 20.2. The number of halogens is 1. The summed E-state index contributed by atoms with van der Waals surface area (Å²) in [7, 11) is 1.58. The van der Waals surface area contributed by atoms with Gasteiger partial charge in [-0.3, -0.25) is 4.79 Å². The number of hydrogen-bond donors (Lipinski definition) is 1. The molecule has 0 bridgehead atoms. The number of ether oxygens (including phenoxy) is 2. The van der Waals surface area contributed by atoms with Gasteiger partial charge in [0.05, 0.1) is 5.69 Å². The summed E-state index contributed by atoms with van der Waals surface area (Å²) in [6.07, 6.45) is 4.13. The number of pyridine rings is 1. The zero-order valence-electron chi connectivity index (χ0n) is 15.7. The number of aryl methyl sites for hydroxylation is 1. The first-order chi connectivity index (χ1) is 13.6. The predicted molar refractivity (Wildman–Crippen MR) is 110 cm³/mol. The molecule has 0 saturated heterocycles. The van der Waals surface area contributed by atoms with E-state index in [-0.39, 0.29) is 18.3 Å². The Labute approximate surface area is 173 Å². The van der Waals surface area contributed by atoms with E-state index in [0.717, 1.165) is 25.0 Å². The van der Waals surface area contributed by atoms with E-state index in [1.165, 1.54) is 11.6 Å². The van der Waals surface area contributed by atoms with E-state index < -0.39 is 0 Å². The van der Waals surface area contributed by atoms with E-state index in [1.54, 1.807) is 25.3 Å². The molecule has 0 aliphatic heterocycles. The minimum atomic E-state index is -0.385. The molecule has 0 aliphatic rings. The highest BCUT2D eigenvalue weighted by atomic mass is 79.9. The molecule has 2 aromatic rings. The van der Waals surface area contributed by atoms with Gasteiger partial charge in [-0.2, -0.15) is 5.26 Å². The van der Waals surface area contributed by atoms with E-state index in [2.05, 4.69) is 26.2 Å². The molecule has 1 aromatic carbocycles. The topological polar surface area (TPSA) is 84.2 Å². The van der Waals surface area contributed by atoms with Crippen LogP contribution >= 0.6 is 15.9 Å². The quantitative estimate of drug-likeness (QED) is 0.198. The molecule has 0 unspecified atom stereocenters. The Morgan fingerprint density at radius 2 is 2.04 bits per heavy atom. The normalized spacial score (nSPS) is 11.0. The van der Waals surface area contributed by atoms with Crippen LogP contribution in [0.4, 0.5) is 0 Å². The van der Waals surface area contributed by atoms with Gasteiger partial charge in [0.2, 0.25) is 0 Å². The fourth-order valence-corrected chi connectivity index (χ4v) is 2.79. The molecule has 1 heterocycles. The maximum Gasteiger partial charge on any atom is 0.262 e. The Morgan fingerprint density at radius 3 is 2.71 bits per heavy atom. The van der Waals surface area contributed by atoms with Crippen LogP contribution < -0.4 is 10.1 Å². The third-order valence-electron chi connectivity index (χ3n) is 3.84. The first kappa shape index (κ1) is 21.6. The van der Waals surface area contributed by atoms with Crippen molar-refractivity contribution < 1.29 is 14.3 Å². The van der Waals surface area contributed by atoms with E-state index in [4.69, 9.17) is 9.47 Å². The lowest BCUT2D eigenvalue weighted by Crippen LogP contribution is -2.25. The molecule has 0 fully saturated rings. The molecule has 0 radical (unpaired) electrons. The van der Waals surface area contributed by atoms with Gasteiger partial charge in [0.1, 0.15) is 22.0 Å². The van der Waals surface area contributed by atoms with Gasteiger partial charge in [-0.1, -0.05) is 18.2 Å². The summed E-state index contributed by atoms with van der Waals surface area (Å²) in [5.74, 6) is 0.387. The summed E-state index contributed by atoms with van der Waals surface area (Å²) in [5, 5.41) is 12.0. The predicted octanol–water partition coefficient (Wildman–Crippen LogP) is 3.87. The number of nitriles is 1. The van der Waals surface area contributed by atoms with Gasteiger partial charge >= 0.3 is 0 Å². The highest BCUT2D eigenvalue weighted by Crippen LogP contribution is 2.14. The second kappa shape index (κ2) is 11.9. The minimum Gasteiger partial charge on any atom is -0.468 e. The van der Waals surface area contributed by atoms with Gasteiger partial charge in [0, 0.05) is 13.7 Å². The summed E-state index contributed by atoms with van der Waals surface area (Å²) in [6, 6.07) is 15.1. The number of benzene rings is 1. The van der Waals surface area contributed by atoms with Crippen LogP contribution in [0.3, 0.4) is 0 Å². The standard InChI is InChI=1S/C21H22BrN3O3/c1-27-15-28-19-10-8-16(9-11-19)5-2-3-12-24-21(26)17(14-23)13-18-6-4-7-20(22)25-18/h4,6-11,13H,2-3,5,12,15H2,1H3,(H,24,26). The van der Waals surface area contributed by atoms with Crippen LogP contribution in [0.25, 0.3) is 6.08 Å². The Morgan fingerprint density at radius 1 is 1.25 bits per heavy atom. The summed E-state index contributed by atoms with van der Waals surface area (Å²) in [4.78, 5) is 16.4. The van der Waals surface area contributed by atoms with E-state index in [0.29, 0.717) is 16.8 Å². The monoisotopic (exact) mass is 443 g/mol. The Balaban J connectivity index is 1.73. The first-order valence-electron chi connectivity index (χ1n) is 8.85. The number of carbonyl (C=O) groups excluding carboxylic acids is 1. The third-order valence-corrected chi connectivity index (χ3v) is 4.28. The van der Waals surface area contributed by atoms with Crippen LogP contribution in [0.15, 0.2) is 52.6 Å². The number of nitrogens with zero attached hydrogens (tertiary/aromatic N) is 2. The van der Waals surface area contributed by atoms with Crippen LogP contribution in [0.5, 0.6) is 5.75 Å². The molecule has 0 spiro atoms. The molecule has 146 valence electrons. The molecule has 0 aliphatic carbocycles. The van der Waals surface area contributed by atoms with Crippen LogP contribution in [-0.2, 0) is 16.0 Å². The van der Waals surface area contributed by atoms with Gasteiger partial charge in [-0.15, -0.1) is 0 Å². The minimum absolute atomic E-state index is 0.0391. The van der Waals surface area contributed by atoms with Crippen molar-refractivity contribution in [1.82, 2.24) is 10.3 Å². The molecule has 1 N–H and O–H groups in total. The third kappa shape index (κ3) is 7.51. The highest BCUT2D eigenvalue weighted by molar-refractivity contribution is 9.10. The summed E-state index contributed by atoms with van der Waals surface area (Å²) in [5.41, 5.74) is 1.80. The average molecular weight is 444 g/mol. The fourth-order valence-electron chi connectivity index (χ4n) is 2.43. The molecule has 28 heavy (non-hydrogen) atoms. The van der Waals surface area contributed by atoms with Gasteiger partial charge in [-0.05, 0) is 71.1 Å². The number of aromatic nitrogens is 1. The molecule has 2 rings (SSSR count). The zero-order valence-corrected chi connectivity index (χ0v) is 17.2. The van der Waals surface area contributed by atoms with Crippen molar-refractivity contribution >= 4 is 27.9 Å². The molecule has 0 saturated carbocycles. The molecule has 7 heteroatoms. The van der Waals surface area contributed by atoms with Gasteiger partial charge in [0.15, 0.2) is 6.79 Å². The summed E-state index contributed by atoms with van der Waals surface area (Å²) < 4.78 is 10.9. The summed E-state index contributed by atoms with van der Waals surface area (Å²) in [6.45, 7) is 0.745. The van der Waals surface area contributed by atoms with Gasteiger partial charge < -0.3 is 14.8 Å². The molecule has 1 aromatic heterocycles. The molecule has 6 nitrogen and oxygen atoms in total. The van der Waals surface area contributed by atoms with Crippen molar-refractivity contribution in [2.75, 3.05) is 20.4 Å². The van der Waals surface area contributed by atoms with E-state index in [9.17, 15) is 10.1 Å². The number of hydrogen-bond acceptors (Lipinski definition) is 5. The number of nitrogens with one attached hydrogen (secondary N) is 1. The number of methoxy groups -OCH3 is 1. The van der Waals surface area contributed by atoms with Crippen molar-refractivity contribution in [2.24, 2.45) is 0 Å². The number of carbonyl (C=O) groups is 1. The van der Waals surface area contributed by atoms with Gasteiger partial charge in [0.25, 0.3) is 5.91 Å². The van der Waals surface area contributed by atoms with Crippen LogP contribution in [0, 0.1) is 11.3 Å². The Bertz CT molecular complexity index is 845.